The second-order valence-electron chi connectivity index (χ2n) is 3.40. The number of hydrogen-bond donors (Lipinski definition) is 0. The topological polar surface area (TPSA) is 35.5 Å². The Kier molecular flexibility index (Phi) is 10.6. The van der Waals surface area contributed by atoms with E-state index < -0.39 is 0 Å². The van der Waals surface area contributed by atoms with Crippen LogP contribution in [0.3, 0.4) is 0 Å². The molecular formula is C12H22O3. The van der Waals surface area contributed by atoms with Gasteiger partial charge in [0.1, 0.15) is 0 Å². The molecule has 0 unspecified atom stereocenters. The molecule has 3 nitrogen and oxygen atoms in total. The summed E-state index contributed by atoms with van der Waals surface area (Å²) in [5.74, 6) is -0.263. The summed E-state index contributed by atoms with van der Waals surface area (Å²) in [6.45, 7) is 4.61. The number of hydrogen-bond acceptors (Lipinski definition) is 3. The van der Waals surface area contributed by atoms with Gasteiger partial charge in [0.05, 0.1) is 6.61 Å². The molecule has 0 saturated carbocycles. The molecule has 0 rings (SSSR count). The lowest BCUT2D eigenvalue weighted by Gasteiger charge is -2.01. The van der Waals surface area contributed by atoms with Gasteiger partial charge in [-0.3, -0.25) is 4.89 Å². The van der Waals surface area contributed by atoms with E-state index >= 15 is 0 Å². The summed E-state index contributed by atoms with van der Waals surface area (Å²) in [6, 6.07) is 0. The van der Waals surface area contributed by atoms with Crippen LogP contribution in [0.25, 0.3) is 0 Å². The molecular weight excluding hydrogens is 192 g/mol. The Balaban J connectivity index is 3.16. The lowest BCUT2D eigenvalue weighted by molar-refractivity contribution is -0.272. The van der Waals surface area contributed by atoms with Gasteiger partial charge in [-0.2, -0.15) is 4.89 Å². The van der Waals surface area contributed by atoms with Crippen molar-refractivity contribution in [2.75, 3.05) is 6.61 Å². The van der Waals surface area contributed by atoms with Crippen LogP contribution in [0.4, 0.5) is 0 Å². The van der Waals surface area contributed by atoms with E-state index in [0.29, 0.717) is 13.0 Å². The first-order valence-electron chi connectivity index (χ1n) is 5.78. The van der Waals surface area contributed by atoms with Crippen molar-refractivity contribution in [3.63, 3.8) is 0 Å². The molecule has 0 saturated heterocycles. The first kappa shape index (κ1) is 14.2. The van der Waals surface area contributed by atoms with Crippen molar-refractivity contribution >= 4 is 5.97 Å². The van der Waals surface area contributed by atoms with Crippen molar-refractivity contribution in [1.29, 1.82) is 0 Å². The Morgan fingerprint density at radius 1 is 1.20 bits per heavy atom. The maximum absolute atomic E-state index is 11.0. The molecule has 0 bridgehead atoms. The molecule has 0 aliphatic heterocycles. The lowest BCUT2D eigenvalue weighted by atomic mass is 10.3. The van der Waals surface area contributed by atoms with Gasteiger partial charge in [0.2, 0.25) is 0 Å². The standard InChI is InChI=1S/C12H22O3/c1-3-5-7-8-9-11-14-15-12(13)10-6-4-2/h5,7H,3-4,6,8-11H2,1-2H3/b7-5-. The number of unbranched alkanes of at least 4 members (excludes halogenated alkanes) is 2. The van der Waals surface area contributed by atoms with E-state index in [1.807, 2.05) is 6.92 Å². The highest BCUT2D eigenvalue weighted by atomic mass is 17.2. The number of allylic oxidation sites excluding steroid dienone is 2. The van der Waals surface area contributed by atoms with Crippen LogP contribution in [-0.4, -0.2) is 12.6 Å². The third kappa shape index (κ3) is 11.1. The molecule has 0 aromatic carbocycles. The van der Waals surface area contributed by atoms with Crippen LogP contribution in [0.1, 0.15) is 52.4 Å². The summed E-state index contributed by atoms with van der Waals surface area (Å²) < 4.78 is 0. The molecule has 88 valence electrons. The van der Waals surface area contributed by atoms with Crippen molar-refractivity contribution in [2.24, 2.45) is 0 Å². The van der Waals surface area contributed by atoms with E-state index in [-0.39, 0.29) is 5.97 Å². The minimum Gasteiger partial charge on any atom is -0.298 e. The minimum absolute atomic E-state index is 0.263. The van der Waals surface area contributed by atoms with Gasteiger partial charge in [0.15, 0.2) is 0 Å². The fraction of sp³-hybridized carbons (Fsp3) is 0.750. The fourth-order valence-corrected chi connectivity index (χ4v) is 1.01. The monoisotopic (exact) mass is 214 g/mol. The maximum Gasteiger partial charge on any atom is 0.342 e. The molecule has 0 heterocycles. The van der Waals surface area contributed by atoms with Gasteiger partial charge in [-0.1, -0.05) is 32.4 Å². The van der Waals surface area contributed by atoms with Crippen molar-refractivity contribution in [1.82, 2.24) is 0 Å². The highest BCUT2D eigenvalue weighted by Gasteiger charge is 2.01. The molecule has 0 fully saturated rings. The first-order valence-corrected chi connectivity index (χ1v) is 5.78. The molecule has 0 aliphatic carbocycles. The molecule has 0 radical (unpaired) electrons. The molecule has 0 atom stereocenters. The maximum atomic E-state index is 11.0. The molecule has 15 heavy (non-hydrogen) atoms. The highest BCUT2D eigenvalue weighted by Crippen LogP contribution is 1.98. The molecule has 0 N–H and O–H groups in total. The normalized spacial score (nSPS) is 10.8. The predicted octanol–water partition coefficient (Wildman–Crippen LogP) is 3.40. The Morgan fingerprint density at radius 3 is 2.67 bits per heavy atom. The fourth-order valence-electron chi connectivity index (χ4n) is 1.01. The van der Waals surface area contributed by atoms with E-state index in [2.05, 4.69) is 24.0 Å². The van der Waals surface area contributed by atoms with E-state index in [9.17, 15) is 4.79 Å². The Labute approximate surface area is 92.4 Å². The van der Waals surface area contributed by atoms with Crippen molar-refractivity contribution in [2.45, 2.75) is 52.4 Å². The zero-order valence-electron chi connectivity index (χ0n) is 9.83. The van der Waals surface area contributed by atoms with Crippen LogP contribution in [0.15, 0.2) is 12.2 Å². The summed E-state index contributed by atoms with van der Waals surface area (Å²) in [7, 11) is 0. The van der Waals surface area contributed by atoms with Crippen LogP contribution in [0.2, 0.25) is 0 Å². The summed E-state index contributed by atoms with van der Waals surface area (Å²) >= 11 is 0. The van der Waals surface area contributed by atoms with Crippen molar-refractivity contribution < 1.29 is 14.6 Å². The van der Waals surface area contributed by atoms with Crippen LogP contribution in [0, 0.1) is 0 Å². The zero-order valence-corrected chi connectivity index (χ0v) is 9.83. The number of carbonyl (C=O) groups is 1. The Bertz CT molecular complexity index is 176. The molecule has 3 heteroatoms. The largest absolute Gasteiger partial charge is 0.342 e. The zero-order chi connectivity index (χ0) is 11.4. The molecule has 0 aliphatic rings. The second-order valence-corrected chi connectivity index (χ2v) is 3.40. The Hall–Kier alpha value is -0.830. The summed E-state index contributed by atoms with van der Waals surface area (Å²) in [5, 5.41) is 0. The van der Waals surface area contributed by atoms with Gasteiger partial charge in [0, 0.05) is 6.42 Å². The van der Waals surface area contributed by atoms with Crippen LogP contribution in [-0.2, 0) is 14.6 Å². The summed E-state index contributed by atoms with van der Waals surface area (Å²) in [5.41, 5.74) is 0. The quantitative estimate of drug-likeness (QED) is 0.255. The van der Waals surface area contributed by atoms with Crippen LogP contribution < -0.4 is 0 Å². The SMILES string of the molecule is CC/C=C\CCCOOC(=O)CCCC. The minimum atomic E-state index is -0.263. The van der Waals surface area contributed by atoms with Gasteiger partial charge in [0.25, 0.3) is 0 Å². The van der Waals surface area contributed by atoms with Crippen molar-refractivity contribution in [3.8, 4) is 0 Å². The first-order chi connectivity index (χ1) is 7.31. The molecule has 0 aromatic heterocycles. The molecule has 0 amide bonds. The van der Waals surface area contributed by atoms with E-state index in [1.54, 1.807) is 0 Å². The van der Waals surface area contributed by atoms with E-state index in [1.165, 1.54) is 0 Å². The van der Waals surface area contributed by atoms with Gasteiger partial charge in [-0.05, 0) is 25.7 Å². The average molecular weight is 214 g/mol. The number of carbonyl (C=O) groups excluding carboxylic acids is 1. The molecule has 0 spiro atoms. The van der Waals surface area contributed by atoms with Crippen LogP contribution >= 0.6 is 0 Å². The van der Waals surface area contributed by atoms with Gasteiger partial charge in [-0.15, -0.1) is 0 Å². The summed E-state index contributed by atoms with van der Waals surface area (Å²) in [6.07, 6.45) is 9.46. The highest BCUT2D eigenvalue weighted by molar-refractivity contribution is 5.68. The lowest BCUT2D eigenvalue weighted by Crippen LogP contribution is -2.05. The third-order valence-corrected chi connectivity index (χ3v) is 1.89. The van der Waals surface area contributed by atoms with Gasteiger partial charge in [-0.25, -0.2) is 4.79 Å². The third-order valence-electron chi connectivity index (χ3n) is 1.89. The Morgan fingerprint density at radius 2 is 2.00 bits per heavy atom. The van der Waals surface area contributed by atoms with Crippen LogP contribution in [0.5, 0.6) is 0 Å². The molecule has 0 aromatic rings. The van der Waals surface area contributed by atoms with E-state index in [0.717, 1.165) is 32.1 Å². The second kappa shape index (κ2) is 11.2. The van der Waals surface area contributed by atoms with Gasteiger partial charge >= 0.3 is 5.97 Å². The van der Waals surface area contributed by atoms with E-state index in [4.69, 9.17) is 4.89 Å². The summed E-state index contributed by atoms with van der Waals surface area (Å²) in [4.78, 5) is 20.4. The smallest absolute Gasteiger partial charge is 0.298 e. The average Bonchev–Trinajstić information content (AvgIpc) is 2.25. The number of rotatable bonds is 9. The van der Waals surface area contributed by atoms with Gasteiger partial charge < -0.3 is 0 Å². The van der Waals surface area contributed by atoms with Crippen molar-refractivity contribution in [3.05, 3.63) is 12.2 Å². The predicted molar refractivity (Wildman–Crippen MR) is 60.2 cm³/mol.